The fraction of sp³-hybridized carbons (Fsp3) is 0.400. The highest BCUT2D eigenvalue weighted by molar-refractivity contribution is 5.86. The maximum Gasteiger partial charge on any atom is 0.0346 e. The Kier molecular flexibility index (Phi) is 2.92. The van der Waals surface area contributed by atoms with E-state index in [4.69, 9.17) is 5.73 Å². The van der Waals surface area contributed by atoms with Crippen LogP contribution >= 0.6 is 0 Å². The first-order valence-corrected chi connectivity index (χ1v) is 6.03. The molecule has 0 amide bonds. The lowest BCUT2D eigenvalue weighted by atomic mass is 9.85. The molecule has 0 aliphatic rings. The van der Waals surface area contributed by atoms with Crippen molar-refractivity contribution in [2.75, 3.05) is 0 Å². The molecule has 1 atom stereocenters. The first kappa shape index (κ1) is 12.1. The van der Waals surface area contributed by atoms with Crippen LogP contribution in [0.4, 0.5) is 0 Å². The van der Waals surface area contributed by atoms with Crippen molar-refractivity contribution in [2.45, 2.75) is 39.2 Å². The van der Waals surface area contributed by atoms with Gasteiger partial charge in [0.25, 0.3) is 0 Å². The molecule has 0 bridgehead atoms. The van der Waals surface area contributed by atoms with Crippen molar-refractivity contribution in [3.05, 3.63) is 41.7 Å². The molecule has 0 spiro atoms. The van der Waals surface area contributed by atoms with Crippen LogP contribution in [0.25, 0.3) is 10.8 Å². The van der Waals surface area contributed by atoms with Crippen LogP contribution in [-0.4, -0.2) is 4.98 Å². The van der Waals surface area contributed by atoms with Gasteiger partial charge in [-0.05, 0) is 34.9 Å². The van der Waals surface area contributed by atoms with E-state index in [1.807, 2.05) is 19.3 Å². The predicted octanol–water partition coefficient (Wildman–Crippen LogP) is 3.55. The molecule has 2 rings (SSSR count). The number of hydrogen-bond donors (Lipinski definition) is 1. The van der Waals surface area contributed by atoms with E-state index in [2.05, 4.69) is 44.0 Å². The standard InChI is InChI=1S/C15H20N2/c1-10(16)11-5-6-13-12(7-11)8-17-9-14(13)15(2,3)4/h5-10H,16H2,1-4H3. The largest absolute Gasteiger partial charge is 0.324 e. The molecule has 90 valence electrons. The van der Waals surface area contributed by atoms with Gasteiger partial charge in [0, 0.05) is 23.8 Å². The number of nitrogens with zero attached hydrogens (tertiary/aromatic N) is 1. The normalized spacial score (nSPS) is 13.9. The maximum atomic E-state index is 5.91. The Morgan fingerprint density at radius 2 is 1.88 bits per heavy atom. The summed E-state index contributed by atoms with van der Waals surface area (Å²) in [6.07, 6.45) is 3.88. The monoisotopic (exact) mass is 228 g/mol. The van der Waals surface area contributed by atoms with E-state index in [-0.39, 0.29) is 11.5 Å². The molecule has 2 aromatic rings. The number of rotatable bonds is 1. The summed E-state index contributed by atoms with van der Waals surface area (Å²) < 4.78 is 0. The van der Waals surface area contributed by atoms with Gasteiger partial charge in [-0.3, -0.25) is 4.98 Å². The third kappa shape index (κ3) is 2.32. The highest BCUT2D eigenvalue weighted by atomic mass is 14.6. The molecule has 0 aliphatic heterocycles. The van der Waals surface area contributed by atoms with E-state index in [0.29, 0.717) is 0 Å². The Bertz CT molecular complexity index is 536. The Hall–Kier alpha value is -1.41. The van der Waals surface area contributed by atoms with Gasteiger partial charge in [-0.2, -0.15) is 0 Å². The molecule has 2 nitrogen and oxygen atoms in total. The Morgan fingerprint density at radius 3 is 2.47 bits per heavy atom. The zero-order chi connectivity index (χ0) is 12.6. The lowest BCUT2D eigenvalue weighted by Crippen LogP contribution is -2.12. The van der Waals surface area contributed by atoms with Gasteiger partial charge in [-0.1, -0.05) is 32.9 Å². The lowest BCUT2D eigenvalue weighted by molar-refractivity contribution is 0.593. The van der Waals surface area contributed by atoms with Crippen molar-refractivity contribution < 1.29 is 0 Å². The first-order valence-electron chi connectivity index (χ1n) is 6.03. The summed E-state index contributed by atoms with van der Waals surface area (Å²) in [7, 11) is 0. The molecule has 1 aromatic heterocycles. The quantitative estimate of drug-likeness (QED) is 0.810. The predicted molar refractivity (Wildman–Crippen MR) is 73.0 cm³/mol. The highest BCUT2D eigenvalue weighted by Crippen LogP contribution is 2.30. The van der Waals surface area contributed by atoms with Crippen molar-refractivity contribution >= 4 is 10.8 Å². The number of hydrogen-bond acceptors (Lipinski definition) is 2. The molecular formula is C15H20N2. The Balaban J connectivity index is 2.67. The molecule has 2 N–H and O–H groups in total. The molecule has 17 heavy (non-hydrogen) atoms. The fourth-order valence-electron chi connectivity index (χ4n) is 2.08. The molecule has 0 saturated heterocycles. The van der Waals surface area contributed by atoms with Gasteiger partial charge >= 0.3 is 0 Å². The molecule has 1 unspecified atom stereocenters. The Morgan fingerprint density at radius 1 is 1.18 bits per heavy atom. The molecule has 0 radical (unpaired) electrons. The van der Waals surface area contributed by atoms with Crippen LogP contribution in [0.5, 0.6) is 0 Å². The molecule has 0 aliphatic carbocycles. The van der Waals surface area contributed by atoms with Crippen LogP contribution in [0.3, 0.4) is 0 Å². The van der Waals surface area contributed by atoms with Crippen LogP contribution in [-0.2, 0) is 5.41 Å². The fourth-order valence-corrected chi connectivity index (χ4v) is 2.08. The minimum atomic E-state index is 0.0673. The summed E-state index contributed by atoms with van der Waals surface area (Å²) >= 11 is 0. The summed E-state index contributed by atoms with van der Waals surface area (Å²) in [6.45, 7) is 8.64. The van der Waals surface area contributed by atoms with Crippen LogP contribution in [0, 0.1) is 0 Å². The average Bonchev–Trinajstić information content (AvgIpc) is 2.26. The number of fused-ring (bicyclic) bond motifs is 1. The summed E-state index contributed by atoms with van der Waals surface area (Å²) in [6, 6.07) is 6.48. The minimum Gasteiger partial charge on any atom is -0.324 e. The van der Waals surface area contributed by atoms with Crippen molar-refractivity contribution in [3.63, 3.8) is 0 Å². The number of nitrogens with two attached hydrogens (primary N) is 1. The topological polar surface area (TPSA) is 38.9 Å². The Labute approximate surface area is 103 Å². The van der Waals surface area contributed by atoms with E-state index in [1.54, 1.807) is 0 Å². The highest BCUT2D eigenvalue weighted by Gasteiger charge is 2.17. The van der Waals surface area contributed by atoms with E-state index >= 15 is 0 Å². The second-order valence-electron chi connectivity index (χ2n) is 5.71. The van der Waals surface area contributed by atoms with Gasteiger partial charge in [0.1, 0.15) is 0 Å². The second kappa shape index (κ2) is 4.11. The zero-order valence-electron chi connectivity index (χ0n) is 11.0. The van der Waals surface area contributed by atoms with E-state index in [0.717, 1.165) is 5.56 Å². The summed E-state index contributed by atoms with van der Waals surface area (Å²) in [5.74, 6) is 0. The zero-order valence-corrected chi connectivity index (χ0v) is 11.0. The number of aromatic nitrogens is 1. The van der Waals surface area contributed by atoms with Crippen molar-refractivity contribution in [3.8, 4) is 0 Å². The number of benzene rings is 1. The van der Waals surface area contributed by atoms with Crippen LogP contribution in [0.15, 0.2) is 30.6 Å². The van der Waals surface area contributed by atoms with Crippen LogP contribution in [0.1, 0.15) is 44.9 Å². The van der Waals surface area contributed by atoms with E-state index in [1.165, 1.54) is 16.3 Å². The molecule has 0 fully saturated rings. The van der Waals surface area contributed by atoms with Gasteiger partial charge in [-0.15, -0.1) is 0 Å². The lowest BCUT2D eigenvalue weighted by Gasteiger charge is -2.21. The number of pyridine rings is 1. The van der Waals surface area contributed by atoms with Gasteiger partial charge in [0.15, 0.2) is 0 Å². The van der Waals surface area contributed by atoms with Crippen LogP contribution in [0.2, 0.25) is 0 Å². The second-order valence-corrected chi connectivity index (χ2v) is 5.71. The molecular weight excluding hydrogens is 208 g/mol. The molecule has 2 heteroatoms. The molecule has 1 aromatic carbocycles. The SMILES string of the molecule is CC(N)c1ccc2c(C(C)(C)C)cncc2c1. The van der Waals surface area contributed by atoms with E-state index < -0.39 is 0 Å². The van der Waals surface area contributed by atoms with E-state index in [9.17, 15) is 0 Å². The van der Waals surface area contributed by atoms with Crippen molar-refractivity contribution in [1.82, 2.24) is 4.98 Å². The van der Waals surface area contributed by atoms with Gasteiger partial charge in [-0.25, -0.2) is 0 Å². The summed E-state index contributed by atoms with van der Waals surface area (Å²) in [5.41, 5.74) is 8.46. The van der Waals surface area contributed by atoms with Crippen LogP contribution < -0.4 is 5.73 Å². The average molecular weight is 228 g/mol. The third-order valence-corrected chi connectivity index (χ3v) is 3.12. The van der Waals surface area contributed by atoms with Crippen molar-refractivity contribution in [2.24, 2.45) is 5.73 Å². The van der Waals surface area contributed by atoms with Gasteiger partial charge in [0.2, 0.25) is 0 Å². The third-order valence-electron chi connectivity index (χ3n) is 3.12. The van der Waals surface area contributed by atoms with Crippen molar-refractivity contribution in [1.29, 1.82) is 0 Å². The summed E-state index contributed by atoms with van der Waals surface area (Å²) in [4.78, 5) is 4.34. The first-order chi connectivity index (χ1) is 7.89. The molecule has 1 heterocycles. The van der Waals surface area contributed by atoms with Gasteiger partial charge in [0.05, 0.1) is 0 Å². The summed E-state index contributed by atoms with van der Waals surface area (Å²) in [5, 5.41) is 2.45. The minimum absolute atomic E-state index is 0.0673. The maximum absolute atomic E-state index is 5.91. The molecule has 0 saturated carbocycles. The van der Waals surface area contributed by atoms with Gasteiger partial charge < -0.3 is 5.73 Å². The smallest absolute Gasteiger partial charge is 0.0346 e.